The molecule has 2 aliphatic rings. The third-order valence-electron chi connectivity index (χ3n) is 7.03. The van der Waals surface area contributed by atoms with Crippen molar-refractivity contribution in [3.8, 4) is 0 Å². The largest absolute Gasteiger partial charge is 0.365 e. The van der Waals surface area contributed by atoms with E-state index in [1.807, 2.05) is 24.4 Å². The second-order valence-electron chi connectivity index (χ2n) is 9.77. The number of anilines is 2. The van der Waals surface area contributed by atoms with Crippen LogP contribution in [0.25, 0.3) is 5.57 Å². The molecule has 0 radical (unpaired) electrons. The fraction of sp³-hybridized carbons (Fsp3) is 0.286. The highest BCUT2D eigenvalue weighted by Gasteiger charge is 2.42. The number of benzene rings is 2. The number of hydrogen-bond acceptors (Lipinski definition) is 3. The molecular weight excluding hydrogens is 460 g/mol. The van der Waals surface area contributed by atoms with Crippen molar-refractivity contribution < 1.29 is 0 Å². The van der Waals surface area contributed by atoms with Crippen molar-refractivity contribution in [2.45, 2.75) is 45.3 Å². The summed E-state index contributed by atoms with van der Waals surface area (Å²) in [5.74, 6) is 0. The van der Waals surface area contributed by atoms with E-state index in [0.29, 0.717) is 5.11 Å². The van der Waals surface area contributed by atoms with E-state index in [1.165, 1.54) is 16.7 Å². The molecule has 1 aromatic heterocycles. The van der Waals surface area contributed by atoms with Crippen LogP contribution >= 0.6 is 23.8 Å². The van der Waals surface area contributed by atoms with Crippen LogP contribution in [0.2, 0.25) is 5.02 Å². The lowest BCUT2D eigenvalue weighted by atomic mass is 9.86. The second-order valence-corrected chi connectivity index (χ2v) is 10.6. The predicted octanol–water partition coefficient (Wildman–Crippen LogP) is 6.85. The van der Waals surface area contributed by atoms with E-state index >= 15 is 0 Å². The number of rotatable bonds is 3. The molecule has 0 aliphatic carbocycles. The summed E-state index contributed by atoms with van der Waals surface area (Å²) in [5.41, 5.74) is 7.70. The van der Waals surface area contributed by atoms with Crippen molar-refractivity contribution in [3.05, 3.63) is 94.3 Å². The topological polar surface area (TPSA) is 31.4 Å². The van der Waals surface area contributed by atoms with Gasteiger partial charge in [0.2, 0.25) is 0 Å². The molecule has 6 heteroatoms. The minimum absolute atomic E-state index is 0.0808. The van der Waals surface area contributed by atoms with E-state index in [4.69, 9.17) is 23.8 Å². The lowest BCUT2D eigenvalue weighted by molar-refractivity contribution is 0.567. The highest BCUT2D eigenvalue weighted by Crippen LogP contribution is 2.47. The molecule has 34 heavy (non-hydrogen) atoms. The van der Waals surface area contributed by atoms with Gasteiger partial charge in [-0.25, -0.2) is 0 Å². The molecule has 2 atom stereocenters. The van der Waals surface area contributed by atoms with Gasteiger partial charge in [0.25, 0.3) is 0 Å². The molecule has 1 N–H and O–H groups in total. The van der Waals surface area contributed by atoms with E-state index in [1.54, 1.807) is 0 Å². The van der Waals surface area contributed by atoms with Gasteiger partial charge in [-0.2, -0.15) is 0 Å². The van der Waals surface area contributed by atoms with Gasteiger partial charge in [-0.15, -0.1) is 0 Å². The number of pyridine rings is 1. The molecule has 5 rings (SSSR count). The molecule has 0 bridgehead atoms. The normalized spacial score (nSPS) is 21.2. The molecule has 0 amide bonds. The molecule has 0 unspecified atom stereocenters. The average Bonchev–Trinajstić information content (AvgIpc) is 3.14. The van der Waals surface area contributed by atoms with Gasteiger partial charge in [0.1, 0.15) is 0 Å². The maximum atomic E-state index is 7.07. The van der Waals surface area contributed by atoms with Gasteiger partial charge in [0.05, 0.1) is 23.3 Å². The number of fused-ring (bicyclic) bond motifs is 1. The highest BCUT2D eigenvalue weighted by atomic mass is 35.5. The number of aromatic nitrogens is 1. The Morgan fingerprint density at radius 2 is 1.85 bits per heavy atom. The van der Waals surface area contributed by atoms with Crippen molar-refractivity contribution in [1.82, 2.24) is 10.3 Å². The van der Waals surface area contributed by atoms with Gasteiger partial charge >= 0.3 is 0 Å². The summed E-state index contributed by atoms with van der Waals surface area (Å²) in [6.45, 7) is 8.71. The molecule has 1 fully saturated rings. The summed E-state index contributed by atoms with van der Waals surface area (Å²) in [7, 11) is 2.12. The summed E-state index contributed by atoms with van der Waals surface area (Å²) >= 11 is 12.9. The van der Waals surface area contributed by atoms with Crippen LogP contribution in [0.1, 0.15) is 55.2 Å². The number of likely N-dealkylation sites (N-methyl/N-ethyl adjacent to an activating group) is 1. The molecule has 1 saturated heterocycles. The summed E-state index contributed by atoms with van der Waals surface area (Å²) in [6, 6.07) is 18.5. The van der Waals surface area contributed by atoms with Crippen molar-refractivity contribution in [3.63, 3.8) is 0 Å². The van der Waals surface area contributed by atoms with Gasteiger partial charge in [0, 0.05) is 35.2 Å². The molecule has 2 aromatic carbocycles. The zero-order valence-electron chi connectivity index (χ0n) is 20.1. The minimum Gasteiger partial charge on any atom is -0.365 e. The van der Waals surface area contributed by atoms with Crippen LogP contribution in [-0.4, -0.2) is 22.7 Å². The van der Waals surface area contributed by atoms with Crippen LogP contribution in [0, 0.1) is 6.92 Å². The van der Waals surface area contributed by atoms with Crippen molar-refractivity contribution in [2.24, 2.45) is 0 Å². The van der Waals surface area contributed by atoms with Gasteiger partial charge < -0.3 is 15.1 Å². The van der Waals surface area contributed by atoms with Crippen LogP contribution in [-0.2, 0) is 0 Å². The molecule has 3 heterocycles. The Hall–Kier alpha value is -2.89. The summed E-state index contributed by atoms with van der Waals surface area (Å²) in [4.78, 5) is 9.14. The lowest BCUT2D eigenvalue weighted by Crippen LogP contribution is -2.42. The number of thiocarbonyl (C=S) groups is 1. The van der Waals surface area contributed by atoms with Crippen molar-refractivity contribution in [2.75, 3.05) is 16.8 Å². The molecule has 4 nitrogen and oxygen atoms in total. The third-order valence-corrected chi connectivity index (χ3v) is 7.67. The fourth-order valence-electron chi connectivity index (χ4n) is 5.14. The van der Waals surface area contributed by atoms with E-state index in [-0.39, 0.29) is 17.6 Å². The van der Waals surface area contributed by atoms with E-state index in [2.05, 4.69) is 97.3 Å². The number of nitrogens with one attached hydrogen (secondary N) is 1. The number of nitrogens with zero attached hydrogens (tertiary/aromatic N) is 3. The molecule has 174 valence electrons. The van der Waals surface area contributed by atoms with Crippen LogP contribution in [0.5, 0.6) is 0 Å². The first-order chi connectivity index (χ1) is 16.2. The number of aryl methyl sites for hydroxylation is 1. The first-order valence-corrected chi connectivity index (χ1v) is 12.3. The smallest absolute Gasteiger partial charge is 0.174 e. The summed E-state index contributed by atoms with van der Waals surface area (Å²) < 4.78 is 0. The first kappa shape index (κ1) is 22.9. The monoisotopic (exact) mass is 488 g/mol. The summed E-state index contributed by atoms with van der Waals surface area (Å²) in [5, 5.41) is 4.94. The fourth-order valence-corrected chi connectivity index (χ4v) is 5.76. The highest BCUT2D eigenvalue weighted by molar-refractivity contribution is 7.80. The molecule has 0 saturated carbocycles. The Morgan fingerprint density at radius 1 is 1.06 bits per heavy atom. The third kappa shape index (κ3) is 3.77. The maximum Gasteiger partial charge on any atom is 0.174 e. The molecule has 2 aliphatic heterocycles. The maximum absolute atomic E-state index is 7.07. The van der Waals surface area contributed by atoms with Gasteiger partial charge in [-0.3, -0.25) is 4.98 Å². The SMILES string of the molecule is CC1=CC(C)(C)N(C)c2cc(Cl)c([C@@H]3[C@H](c4ccccn4)NC(=S)N3c3cccc(C)c3)cc21. The van der Waals surface area contributed by atoms with Gasteiger partial charge in [-0.1, -0.05) is 35.9 Å². The minimum atomic E-state index is -0.143. The molecule has 0 spiro atoms. The number of halogens is 1. The zero-order valence-corrected chi connectivity index (χ0v) is 21.7. The van der Waals surface area contributed by atoms with Crippen LogP contribution < -0.4 is 15.1 Å². The van der Waals surface area contributed by atoms with Crippen molar-refractivity contribution in [1.29, 1.82) is 0 Å². The summed E-state index contributed by atoms with van der Waals surface area (Å²) in [6.07, 6.45) is 4.14. The molecule has 3 aromatic rings. The predicted molar refractivity (Wildman–Crippen MR) is 147 cm³/mol. The van der Waals surface area contributed by atoms with Crippen LogP contribution in [0.3, 0.4) is 0 Å². The Morgan fingerprint density at radius 3 is 2.56 bits per heavy atom. The van der Waals surface area contributed by atoms with E-state index in [0.717, 1.165) is 27.7 Å². The van der Waals surface area contributed by atoms with E-state index in [9.17, 15) is 0 Å². The Labute approximate surface area is 212 Å². The van der Waals surface area contributed by atoms with E-state index < -0.39 is 0 Å². The van der Waals surface area contributed by atoms with Crippen molar-refractivity contribution >= 4 is 45.9 Å². The second kappa shape index (κ2) is 8.40. The quantitative estimate of drug-likeness (QED) is 0.407. The number of allylic oxidation sites excluding steroid dienone is 1. The molecular formula is C28H29ClN4S. The Bertz CT molecular complexity index is 1300. The zero-order chi connectivity index (χ0) is 24.2. The number of hydrogen-bond donors (Lipinski definition) is 1. The Kier molecular flexibility index (Phi) is 5.65. The van der Waals surface area contributed by atoms with Crippen LogP contribution in [0.4, 0.5) is 11.4 Å². The van der Waals surface area contributed by atoms with Gasteiger partial charge in [-0.05, 0) is 93.0 Å². The Balaban J connectivity index is 1.71. The van der Waals surface area contributed by atoms with Gasteiger partial charge in [0.15, 0.2) is 5.11 Å². The lowest BCUT2D eigenvalue weighted by Gasteiger charge is -2.41. The first-order valence-electron chi connectivity index (χ1n) is 11.5. The standard InChI is InChI=1S/C28H29ClN4S/c1-17-9-8-10-19(13-17)33-26(25(31-27(33)34)23-11-6-7-12-30-23)21-14-20-18(2)16-28(3,4)32(5)24(20)15-22(21)29/h6-16,25-26H,1-5H3,(H,31,34)/t25-,26+/m0/s1. The average molecular weight is 489 g/mol. The van der Waals surface area contributed by atoms with Crippen LogP contribution in [0.15, 0.2) is 66.9 Å².